The molecule has 5 nitrogen and oxygen atoms in total. The Hall–Kier alpha value is -1.14. The number of hydrogen-bond donors (Lipinski definition) is 2. The van der Waals surface area contributed by atoms with E-state index in [-0.39, 0.29) is 5.60 Å². The number of ether oxygens (including phenoxy) is 1. The zero-order valence-corrected chi connectivity index (χ0v) is 14.8. The maximum Gasteiger partial charge on any atom is 0.191 e. The molecule has 0 radical (unpaired) electrons. The van der Waals surface area contributed by atoms with Crippen LogP contribution in [0.2, 0.25) is 0 Å². The summed E-state index contributed by atoms with van der Waals surface area (Å²) >= 11 is 1.70. The molecule has 0 saturated carbocycles. The second-order valence-corrected chi connectivity index (χ2v) is 6.73. The first-order chi connectivity index (χ1) is 9.88. The van der Waals surface area contributed by atoms with Gasteiger partial charge in [-0.2, -0.15) is 0 Å². The molecular weight excluding hydrogens is 284 g/mol. The molecule has 0 aliphatic carbocycles. The first-order valence-corrected chi connectivity index (χ1v) is 8.27. The lowest BCUT2D eigenvalue weighted by molar-refractivity contribution is 0.0268. The smallest absolute Gasteiger partial charge is 0.191 e. The summed E-state index contributed by atoms with van der Waals surface area (Å²) in [6.07, 6.45) is 0. The third kappa shape index (κ3) is 6.44. The molecule has 1 rings (SSSR count). The minimum atomic E-state index is -0.221. The number of nitrogens with one attached hydrogen (secondary N) is 2. The highest BCUT2D eigenvalue weighted by molar-refractivity contribution is 7.09. The van der Waals surface area contributed by atoms with Crippen LogP contribution in [0.15, 0.2) is 10.4 Å². The molecule has 0 unspecified atom stereocenters. The van der Waals surface area contributed by atoms with E-state index < -0.39 is 0 Å². The van der Waals surface area contributed by atoms with Crippen molar-refractivity contribution in [2.24, 2.45) is 4.99 Å². The lowest BCUT2D eigenvalue weighted by Crippen LogP contribution is -2.45. The first kappa shape index (κ1) is 17.9. The van der Waals surface area contributed by atoms with E-state index in [1.165, 1.54) is 5.01 Å². The fourth-order valence-electron chi connectivity index (χ4n) is 1.53. The Bertz CT molecular complexity index is 454. The van der Waals surface area contributed by atoms with E-state index in [4.69, 9.17) is 4.74 Å². The maximum absolute atomic E-state index is 5.40. The van der Waals surface area contributed by atoms with Crippen molar-refractivity contribution in [3.63, 3.8) is 0 Å². The number of guanidine groups is 1. The van der Waals surface area contributed by atoms with Crippen molar-refractivity contribution in [1.29, 1.82) is 0 Å². The van der Waals surface area contributed by atoms with Crippen molar-refractivity contribution < 1.29 is 4.74 Å². The van der Waals surface area contributed by atoms with Gasteiger partial charge in [-0.1, -0.05) is 13.8 Å². The number of nitrogens with zero attached hydrogens (tertiary/aromatic N) is 2. The van der Waals surface area contributed by atoms with Crippen molar-refractivity contribution in [3.8, 4) is 0 Å². The van der Waals surface area contributed by atoms with Crippen molar-refractivity contribution >= 4 is 17.3 Å². The predicted octanol–water partition coefficient (Wildman–Crippen LogP) is 2.75. The fourth-order valence-corrected chi connectivity index (χ4v) is 2.36. The van der Waals surface area contributed by atoms with Gasteiger partial charge in [-0.05, 0) is 20.8 Å². The molecule has 0 aliphatic rings. The summed E-state index contributed by atoms with van der Waals surface area (Å²) in [6.45, 7) is 12.6. The van der Waals surface area contributed by atoms with Gasteiger partial charge in [-0.15, -0.1) is 11.3 Å². The minimum Gasteiger partial charge on any atom is -0.377 e. The van der Waals surface area contributed by atoms with Crippen molar-refractivity contribution in [2.45, 2.75) is 52.7 Å². The second kappa shape index (κ2) is 8.34. The monoisotopic (exact) mass is 312 g/mol. The van der Waals surface area contributed by atoms with Gasteiger partial charge >= 0.3 is 0 Å². The molecule has 0 aliphatic heterocycles. The molecule has 1 heterocycles. The Morgan fingerprint density at radius 3 is 2.67 bits per heavy atom. The molecule has 1 aromatic heterocycles. The van der Waals surface area contributed by atoms with Gasteiger partial charge < -0.3 is 15.4 Å². The topological polar surface area (TPSA) is 58.5 Å². The van der Waals surface area contributed by atoms with Gasteiger partial charge in [0.1, 0.15) is 0 Å². The standard InChI is InChI=1S/C15H28N4OS/c1-7-16-14(18-10-15(4,5)20-6)17-8-12-9-21-13(19-12)11(2)3/h9,11H,7-8,10H2,1-6H3,(H2,16,17,18). The Morgan fingerprint density at radius 2 is 2.14 bits per heavy atom. The highest BCUT2D eigenvalue weighted by Gasteiger charge is 2.16. The predicted molar refractivity (Wildman–Crippen MR) is 90.1 cm³/mol. The molecule has 0 fully saturated rings. The summed E-state index contributed by atoms with van der Waals surface area (Å²) in [5, 5.41) is 9.79. The minimum absolute atomic E-state index is 0.221. The molecule has 1 aromatic rings. The highest BCUT2D eigenvalue weighted by atomic mass is 32.1. The largest absolute Gasteiger partial charge is 0.377 e. The molecule has 0 saturated heterocycles. The average Bonchev–Trinajstić information content (AvgIpc) is 2.91. The summed E-state index contributed by atoms with van der Waals surface area (Å²) in [6, 6.07) is 0. The number of rotatable bonds is 7. The molecule has 0 bridgehead atoms. The lowest BCUT2D eigenvalue weighted by Gasteiger charge is -2.24. The van der Waals surface area contributed by atoms with Gasteiger partial charge in [-0.25, -0.2) is 9.98 Å². The Kier molecular flexibility index (Phi) is 7.11. The molecule has 6 heteroatoms. The summed E-state index contributed by atoms with van der Waals surface area (Å²) in [4.78, 5) is 9.17. The molecule has 0 aromatic carbocycles. The van der Waals surface area contributed by atoms with E-state index in [2.05, 4.69) is 46.8 Å². The summed E-state index contributed by atoms with van der Waals surface area (Å²) in [5.74, 6) is 1.27. The van der Waals surface area contributed by atoms with Gasteiger partial charge in [0.25, 0.3) is 0 Å². The fraction of sp³-hybridized carbons (Fsp3) is 0.733. The number of thiazole rings is 1. The van der Waals surface area contributed by atoms with Crippen LogP contribution in [0.25, 0.3) is 0 Å². The summed E-state index contributed by atoms with van der Waals surface area (Å²) < 4.78 is 5.40. The van der Waals surface area contributed by atoms with Crippen LogP contribution in [0, 0.1) is 0 Å². The van der Waals surface area contributed by atoms with Crippen molar-refractivity contribution in [1.82, 2.24) is 15.6 Å². The number of methoxy groups -OCH3 is 1. The van der Waals surface area contributed by atoms with Crippen molar-refractivity contribution in [3.05, 3.63) is 16.1 Å². The molecule has 21 heavy (non-hydrogen) atoms. The van der Waals surface area contributed by atoms with Crippen LogP contribution in [0.5, 0.6) is 0 Å². The second-order valence-electron chi connectivity index (χ2n) is 5.84. The van der Waals surface area contributed by atoms with Crippen LogP contribution in [-0.2, 0) is 11.3 Å². The van der Waals surface area contributed by atoms with Crippen LogP contribution >= 0.6 is 11.3 Å². The molecule has 120 valence electrons. The zero-order chi connectivity index (χ0) is 15.9. The SMILES string of the molecule is CCNC(=NCc1csc(C(C)C)n1)NCC(C)(C)OC. The first-order valence-electron chi connectivity index (χ1n) is 7.39. The molecule has 2 N–H and O–H groups in total. The average molecular weight is 312 g/mol. The van der Waals surface area contributed by atoms with Crippen LogP contribution < -0.4 is 10.6 Å². The number of aromatic nitrogens is 1. The lowest BCUT2D eigenvalue weighted by atomic mass is 10.1. The van der Waals surface area contributed by atoms with Gasteiger partial charge in [0.15, 0.2) is 5.96 Å². The van der Waals surface area contributed by atoms with Gasteiger partial charge in [0.05, 0.1) is 22.8 Å². The Labute approximate surface area is 132 Å². The van der Waals surface area contributed by atoms with E-state index >= 15 is 0 Å². The number of hydrogen-bond acceptors (Lipinski definition) is 4. The van der Waals surface area contributed by atoms with E-state index in [0.717, 1.165) is 18.2 Å². The third-order valence-electron chi connectivity index (χ3n) is 3.04. The molecular formula is C15H28N4OS. The van der Waals surface area contributed by atoms with Crippen molar-refractivity contribution in [2.75, 3.05) is 20.2 Å². The summed E-state index contributed by atoms with van der Waals surface area (Å²) in [7, 11) is 1.72. The Morgan fingerprint density at radius 1 is 1.43 bits per heavy atom. The van der Waals surface area contributed by atoms with Crippen LogP contribution in [0.3, 0.4) is 0 Å². The van der Waals surface area contributed by atoms with Crippen LogP contribution in [-0.4, -0.2) is 36.7 Å². The van der Waals surface area contributed by atoms with E-state index in [9.17, 15) is 0 Å². The summed E-state index contributed by atoms with van der Waals surface area (Å²) in [5.41, 5.74) is 0.800. The maximum atomic E-state index is 5.40. The third-order valence-corrected chi connectivity index (χ3v) is 4.24. The Balaban J connectivity index is 2.62. The van der Waals surface area contributed by atoms with Gasteiger partial charge in [0.2, 0.25) is 0 Å². The number of aliphatic imine (C=N–C) groups is 1. The normalized spacial score (nSPS) is 12.8. The molecule has 0 spiro atoms. The van der Waals surface area contributed by atoms with E-state index in [1.807, 2.05) is 13.8 Å². The quantitative estimate of drug-likeness (QED) is 0.600. The van der Waals surface area contributed by atoms with Gasteiger partial charge in [-0.3, -0.25) is 0 Å². The van der Waals surface area contributed by atoms with Crippen LogP contribution in [0.4, 0.5) is 0 Å². The van der Waals surface area contributed by atoms with E-state index in [1.54, 1.807) is 18.4 Å². The highest BCUT2D eigenvalue weighted by Crippen LogP contribution is 2.19. The zero-order valence-electron chi connectivity index (χ0n) is 14.0. The van der Waals surface area contributed by atoms with Gasteiger partial charge in [0, 0.05) is 31.5 Å². The molecule has 0 amide bonds. The van der Waals surface area contributed by atoms with E-state index in [0.29, 0.717) is 19.0 Å². The molecule has 0 atom stereocenters. The van der Waals surface area contributed by atoms with Crippen LogP contribution in [0.1, 0.15) is 51.2 Å².